The van der Waals surface area contributed by atoms with Crippen LogP contribution in [0.5, 0.6) is 0 Å². The average molecular weight is 574 g/mol. The number of thiophene rings is 1. The van der Waals surface area contributed by atoms with E-state index in [1.807, 2.05) is 11.3 Å². The largest absolute Gasteiger partial charge is 0.308 e. The zero-order valence-corrected chi connectivity index (χ0v) is 24.5. The third-order valence-corrected chi connectivity index (χ3v) is 11.1. The molecule has 3 aromatic heterocycles. The third kappa shape index (κ3) is 2.80. The summed E-state index contributed by atoms with van der Waals surface area (Å²) >= 11 is 1.89. The summed E-state index contributed by atoms with van der Waals surface area (Å²) in [6.07, 6.45) is 0. The Hall–Kier alpha value is -5.44. The minimum Gasteiger partial charge on any atom is -0.308 e. The molecule has 0 spiro atoms. The van der Waals surface area contributed by atoms with Gasteiger partial charge < -0.3 is 4.40 Å². The Morgan fingerprint density at radius 1 is 0.386 bits per heavy atom. The molecule has 202 valence electrons. The summed E-state index contributed by atoms with van der Waals surface area (Å²) in [6, 6.07) is 52.0. The highest BCUT2D eigenvalue weighted by Crippen LogP contribution is 2.47. The van der Waals surface area contributed by atoms with Gasteiger partial charge in [-0.25, -0.2) is 0 Å². The second-order valence-electron chi connectivity index (χ2n) is 12.1. The molecule has 0 amide bonds. The lowest BCUT2D eigenvalue weighted by molar-refractivity contribution is 1.37. The van der Waals surface area contributed by atoms with Gasteiger partial charge in [0.05, 0.1) is 16.6 Å². The van der Waals surface area contributed by atoms with Crippen molar-refractivity contribution in [1.82, 2.24) is 4.40 Å². The normalized spacial score (nSPS) is 12.5. The molecule has 0 unspecified atom stereocenters. The van der Waals surface area contributed by atoms with Gasteiger partial charge in [0, 0.05) is 41.7 Å². The Morgan fingerprint density at radius 2 is 1.05 bits per heavy atom. The fourth-order valence-corrected chi connectivity index (χ4v) is 9.24. The summed E-state index contributed by atoms with van der Waals surface area (Å²) in [6.45, 7) is 0. The Kier molecular flexibility index (Phi) is 4.26. The van der Waals surface area contributed by atoms with Crippen LogP contribution in [0.3, 0.4) is 0 Å². The molecule has 0 saturated carbocycles. The van der Waals surface area contributed by atoms with Crippen LogP contribution in [0.2, 0.25) is 0 Å². The fourth-order valence-electron chi connectivity index (χ4n) is 8.00. The van der Waals surface area contributed by atoms with Gasteiger partial charge in [0.15, 0.2) is 0 Å². The summed E-state index contributed by atoms with van der Waals surface area (Å²) in [7, 11) is 0. The molecule has 3 heterocycles. The number of para-hydroxylation sites is 1. The molecule has 0 N–H and O–H groups in total. The van der Waals surface area contributed by atoms with Crippen LogP contribution in [0.15, 0.2) is 140 Å². The Labute approximate surface area is 256 Å². The molecule has 1 nitrogen and oxygen atoms in total. The van der Waals surface area contributed by atoms with E-state index >= 15 is 0 Å². The van der Waals surface area contributed by atoms with Crippen molar-refractivity contribution in [2.24, 2.45) is 0 Å². The molecule has 0 aliphatic rings. The Morgan fingerprint density at radius 3 is 1.98 bits per heavy atom. The highest BCUT2D eigenvalue weighted by molar-refractivity contribution is 7.26. The quantitative estimate of drug-likeness (QED) is 0.181. The number of nitrogens with zero attached hydrogens (tertiary/aromatic N) is 1. The van der Waals surface area contributed by atoms with Crippen LogP contribution >= 0.6 is 11.3 Å². The standard InChI is InChI=1S/C42H23NS/c1-3-12-36-29(7-1)33-22-21-32-35-23-26(19-20-28(35)31-10-6-13-37-39(31)40(32)41(33)43(36)37)24-15-17-25(18-16-24)27-9-5-11-34-30-8-2-4-14-38(30)44-42(27)34/h1-23H. The van der Waals surface area contributed by atoms with Gasteiger partial charge in [0.1, 0.15) is 0 Å². The number of aromatic nitrogens is 1. The van der Waals surface area contributed by atoms with E-state index < -0.39 is 0 Å². The first-order valence-corrected chi connectivity index (χ1v) is 16.0. The highest BCUT2D eigenvalue weighted by Gasteiger charge is 2.22. The van der Waals surface area contributed by atoms with Gasteiger partial charge in [0.25, 0.3) is 0 Å². The van der Waals surface area contributed by atoms with E-state index in [1.54, 1.807) is 0 Å². The maximum absolute atomic E-state index is 2.49. The maximum atomic E-state index is 2.49. The first-order valence-electron chi connectivity index (χ1n) is 15.2. The monoisotopic (exact) mass is 573 g/mol. The smallest absolute Gasteiger partial charge is 0.0626 e. The van der Waals surface area contributed by atoms with Gasteiger partial charge >= 0.3 is 0 Å². The summed E-state index contributed by atoms with van der Waals surface area (Å²) in [5.41, 5.74) is 9.00. The molecular formula is C42H23NS. The first-order chi connectivity index (χ1) is 21.8. The number of hydrogen-bond acceptors (Lipinski definition) is 1. The van der Waals surface area contributed by atoms with E-state index in [9.17, 15) is 0 Å². The third-order valence-electron chi connectivity index (χ3n) is 9.90. The molecule has 0 aliphatic carbocycles. The molecule has 0 aliphatic heterocycles. The van der Waals surface area contributed by atoms with Crippen molar-refractivity contribution in [1.29, 1.82) is 0 Å². The van der Waals surface area contributed by atoms with Crippen LogP contribution in [0.1, 0.15) is 0 Å². The van der Waals surface area contributed by atoms with Crippen molar-refractivity contribution >= 4 is 91.1 Å². The second kappa shape index (κ2) is 8.13. The number of fused-ring (bicyclic) bond motifs is 10. The highest BCUT2D eigenvalue weighted by atomic mass is 32.1. The van der Waals surface area contributed by atoms with Crippen molar-refractivity contribution < 1.29 is 0 Å². The molecular weight excluding hydrogens is 551 g/mol. The molecule has 11 rings (SSSR count). The Bertz CT molecular complexity index is 2920. The van der Waals surface area contributed by atoms with E-state index in [4.69, 9.17) is 0 Å². The zero-order chi connectivity index (χ0) is 28.5. The summed E-state index contributed by atoms with van der Waals surface area (Å²) in [4.78, 5) is 0. The predicted molar refractivity (Wildman–Crippen MR) is 191 cm³/mol. The number of hydrogen-bond donors (Lipinski definition) is 0. The molecule has 0 radical (unpaired) electrons. The second-order valence-corrected chi connectivity index (χ2v) is 13.1. The fraction of sp³-hybridized carbons (Fsp3) is 0. The van der Waals surface area contributed by atoms with Gasteiger partial charge in [-0.1, -0.05) is 115 Å². The van der Waals surface area contributed by atoms with Gasteiger partial charge in [-0.2, -0.15) is 0 Å². The topological polar surface area (TPSA) is 4.41 Å². The molecule has 11 aromatic rings. The van der Waals surface area contributed by atoms with Crippen LogP contribution in [-0.4, -0.2) is 4.40 Å². The van der Waals surface area contributed by atoms with E-state index in [0.29, 0.717) is 0 Å². The zero-order valence-electron chi connectivity index (χ0n) is 23.6. The van der Waals surface area contributed by atoms with Crippen LogP contribution < -0.4 is 0 Å². The van der Waals surface area contributed by atoms with Gasteiger partial charge in [-0.05, 0) is 68.1 Å². The maximum Gasteiger partial charge on any atom is 0.0626 e. The minimum absolute atomic E-state index is 1.24. The number of benzene rings is 8. The van der Waals surface area contributed by atoms with Crippen molar-refractivity contribution in [2.75, 3.05) is 0 Å². The van der Waals surface area contributed by atoms with Crippen LogP contribution in [0, 0.1) is 0 Å². The minimum atomic E-state index is 1.24. The molecule has 0 atom stereocenters. The lowest BCUT2D eigenvalue weighted by Crippen LogP contribution is -1.85. The van der Waals surface area contributed by atoms with Crippen molar-refractivity contribution in [3.05, 3.63) is 140 Å². The summed E-state index contributed by atoms with van der Waals surface area (Å²) in [5, 5.41) is 13.4. The van der Waals surface area contributed by atoms with E-state index in [1.165, 1.54) is 102 Å². The molecule has 44 heavy (non-hydrogen) atoms. The van der Waals surface area contributed by atoms with Crippen molar-refractivity contribution in [3.63, 3.8) is 0 Å². The molecule has 8 aromatic carbocycles. The van der Waals surface area contributed by atoms with Gasteiger partial charge in [0.2, 0.25) is 0 Å². The first kappa shape index (κ1) is 23.1. The summed E-state index contributed by atoms with van der Waals surface area (Å²) in [5.74, 6) is 0. The molecule has 0 fully saturated rings. The lowest BCUT2D eigenvalue weighted by atomic mass is 9.91. The van der Waals surface area contributed by atoms with Gasteiger partial charge in [-0.3, -0.25) is 0 Å². The summed E-state index contributed by atoms with van der Waals surface area (Å²) < 4.78 is 5.20. The van der Waals surface area contributed by atoms with Crippen LogP contribution in [0.25, 0.3) is 102 Å². The van der Waals surface area contributed by atoms with Crippen molar-refractivity contribution in [3.8, 4) is 22.3 Å². The number of rotatable bonds is 2. The molecule has 2 heteroatoms. The van der Waals surface area contributed by atoms with E-state index in [2.05, 4.69) is 144 Å². The van der Waals surface area contributed by atoms with Crippen LogP contribution in [-0.2, 0) is 0 Å². The lowest BCUT2D eigenvalue weighted by Gasteiger charge is -2.12. The average Bonchev–Trinajstić information content (AvgIpc) is 3.75. The van der Waals surface area contributed by atoms with E-state index in [0.717, 1.165) is 0 Å². The van der Waals surface area contributed by atoms with Gasteiger partial charge in [-0.15, -0.1) is 11.3 Å². The van der Waals surface area contributed by atoms with Crippen molar-refractivity contribution in [2.45, 2.75) is 0 Å². The predicted octanol–water partition coefficient (Wildman–Crippen LogP) is 12.3. The van der Waals surface area contributed by atoms with E-state index in [-0.39, 0.29) is 0 Å². The molecule has 0 bridgehead atoms. The Balaban J connectivity index is 1.12. The molecule has 0 saturated heterocycles. The SMILES string of the molecule is c1ccc2c(c1)sc1c(-c3ccc(-c4ccc5c(c4)c4ccc6c7ccccc7n7c8cccc5c8c4c67)cc3)cccc12. The van der Waals surface area contributed by atoms with Crippen LogP contribution in [0.4, 0.5) is 0 Å².